The molecule has 0 spiro atoms. The van der Waals surface area contributed by atoms with Crippen LogP contribution in [0, 0.1) is 0 Å². The van der Waals surface area contributed by atoms with Gasteiger partial charge in [0.15, 0.2) is 5.17 Å². The third-order valence-electron chi connectivity index (χ3n) is 4.01. The number of nitrogens with zero attached hydrogens (tertiary/aromatic N) is 3. The molecular formula is C18H17Cl2N3O2S. The van der Waals surface area contributed by atoms with Crippen LogP contribution in [0.5, 0.6) is 5.75 Å². The Balaban J connectivity index is 1.93. The van der Waals surface area contributed by atoms with Crippen molar-refractivity contribution in [2.45, 2.75) is 19.4 Å². The summed E-state index contributed by atoms with van der Waals surface area (Å²) in [5, 5.41) is 1.10. The van der Waals surface area contributed by atoms with Crippen LogP contribution < -0.4 is 4.74 Å². The maximum atomic E-state index is 13.1. The minimum Gasteiger partial charge on any atom is -0.497 e. The molecule has 0 N–H and O–H groups in total. The summed E-state index contributed by atoms with van der Waals surface area (Å²) in [5.74, 6) is 1.38. The molecule has 3 rings (SSSR count). The molecule has 26 heavy (non-hydrogen) atoms. The molecule has 2 heterocycles. The minimum absolute atomic E-state index is 0.0685. The Labute approximate surface area is 166 Å². The van der Waals surface area contributed by atoms with E-state index in [9.17, 15) is 4.79 Å². The quantitative estimate of drug-likeness (QED) is 0.662. The van der Waals surface area contributed by atoms with Crippen LogP contribution >= 0.6 is 35.0 Å². The Morgan fingerprint density at radius 2 is 2.12 bits per heavy atom. The van der Waals surface area contributed by atoms with E-state index in [0.29, 0.717) is 10.7 Å². The number of aromatic nitrogens is 1. The maximum absolute atomic E-state index is 13.1. The number of methoxy groups -OCH3 is 1. The molecule has 1 aromatic heterocycles. The molecule has 0 bridgehead atoms. The molecule has 1 atom stereocenters. The van der Waals surface area contributed by atoms with Crippen LogP contribution in [0.3, 0.4) is 0 Å². The number of ether oxygens (including phenoxy) is 1. The first-order chi connectivity index (χ1) is 12.5. The van der Waals surface area contributed by atoms with Gasteiger partial charge in [0.05, 0.1) is 23.4 Å². The molecule has 2 aromatic rings. The monoisotopic (exact) mass is 409 g/mol. The molecule has 5 nitrogen and oxygen atoms in total. The highest BCUT2D eigenvalue weighted by Crippen LogP contribution is 2.31. The van der Waals surface area contributed by atoms with Crippen molar-refractivity contribution in [2.24, 2.45) is 4.99 Å². The Hall–Kier alpha value is -1.76. The largest absolute Gasteiger partial charge is 0.497 e. The van der Waals surface area contributed by atoms with Crippen molar-refractivity contribution in [3.63, 3.8) is 0 Å². The summed E-state index contributed by atoms with van der Waals surface area (Å²) in [6.45, 7) is 2.05. The highest BCUT2D eigenvalue weighted by atomic mass is 35.5. The van der Waals surface area contributed by atoms with Gasteiger partial charge < -0.3 is 4.74 Å². The molecule has 0 aliphatic carbocycles. The van der Waals surface area contributed by atoms with Gasteiger partial charge in [-0.25, -0.2) is 9.98 Å². The van der Waals surface area contributed by atoms with Gasteiger partial charge in [-0.3, -0.25) is 9.69 Å². The predicted octanol–water partition coefficient (Wildman–Crippen LogP) is 5.05. The molecule has 1 amide bonds. The van der Waals surface area contributed by atoms with Gasteiger partial charge in [0, 0.05) is 18.0 Å². The molecule has 0 unspecified atom stereocenters. The first-order valence-electron chi connectivity index (χ1n) is 8.03. The zero-order valence-corrected chi connectivity index (χ0v) is 16.6. The van der Waals surface area contributed by atoms with Crippen molar-refractivity contribution < 1.29 is 9.53 Å². The molecule has 8 heteroatoms. The summed E-state index contributed by atoms with van der Waals surface area (Å²) in [6, 6.07) is 9.00. The number of rotatable bonds is 4. The second kappa shape index (κ2) is 8.29. The number of halogens is 2. The van der Waals surface area contributed by atoms with Crippen molar-refractivity contribution in [3.05, 3.63) is 52.3 Å². The van der Waals surface area contributed by atoms with Gasteiger partial charge in [0.25, 0.3) is 5.91 Å². The minimum atomic E-state index is -0.180. The highest BCUT2D eigenvalue weighted by Gasteiger charge is 2.35. The lowest BCUT2D eigenvalue weighted by Crippen LogP contribution is -2.39. The zero-order chi connectivity index (χ0) is 18.7. The number of aliphatic imine (C=N–C) groups is 1. The van der Waals surface area contributed by atoms with Crippen LogP contribution in [-0.4, -0.2) is 39.9 Å². The second-order valence-corrected chi connectivity index (χ2v) is 7.39. The summed E-state index contributed by atoms with van der Waals surface area (Å²) in [5.41, 5.74) is 1.15. The van der Waals surface area contributed by atoms with Crippen molar-refractivity contribution in [1.82, 2.24) is 9.88 Å². The number of thioether (sulfide) groups is 1. The van der Waals surface area contributed by atoms with Crippen LogP contribution in [0.15, 0.2) is 41.5 Å². The Morgan fingerprint density at radius 1 is 1.38 bits per heavy atom. The van der Waals surface area contributed by atoms with Crippen molar-refractivity contribution in [1.29, 1.82) is 0 Å². The third kappa shape index (κ3) is 3.98. The van der Waals surface area contributed by atoms with E-state index in [0.717, 1.165) is 23.6 Å². The van der Waals surface area contributed by atoms with Gasteiger partial charge in [-0.05, 0) is 36.8 Å². The maximum Gasteiger partial charge on any atom is 0.261 e. The molecule has 1 saturated heterocycles. The van der Waals surface area contributed by atoms with Crippen LogP contribution in [0.1, 0.15) is 23.7 Å². The molecule has 1 aliphatic heterocycles. The summed E-state index contributed by atoms with van der Waals surface area (Å²) in [4.78, 5) is 23.4. The number of amidine groups is 1. The lowest BCUT2D eigenvalue weighted by Gasteiger charge is -2.23. The number of hydrogen-bond donors (Lipinski definition) is 0. The normalized spacial score (nSPS) is 18.4. The molecule has 0 saturated carbocycles. The lowest BCUT2D eigenvalue weighted by molar-refractivity contribution is 0.0819. The van der Waals surface area contributed by atoms with Gasteiger partial charge >= 0.3 is 0 Å². The van der Waals surface area contributed by atoms with E-state index in [1.807, 2.05) is 24.3 Å². The topological polar surface area (TPSA) is 54.8 Å². The first kappa shape index (κ1) is 19.0. The van der Waals surface area contributed by atoms with Crippen LogP contribution in [0.2, 0.25) is 10.2 Å². The number of benzene rings is 1. The van der Waals surface area contributed by atoms with Gasteiger partial charge in [-0.1, -0.05) is 41.9 Å². The first-order valence-corrected chi connectivity index (χ1v) is 9.77. The molecule has 0 radical (unpaired) electrons. The fourth-order valence-corrected chi connectivity index (χ4v) is 4.09. The molecule has 1 fully saturated rings. The van der Waals surface area contributed by atoms with Gasteiger partial charge in [0.1, 0.15) is 10.9 Å². The van der Waals surface area contributed by atoms with Gasteiger partial charge in [-0.15, -0.1) is 0 Å². The van der Waals surface area contributed by atoms with E-state index < -0.39 is 0 Å². The Morgan fingerprint density at radius 3 is 2.73 bits per heavy atom. The van der Waals surface area contributed by atoms with E-state index in [1.165, 1.54) is 6.20 Å². The number of amides is 1. The summed E-state index contributed by atoms with van der Waals surface area (Å²) in [7, 11) is 1.62. The van der Waals surface area contributed by atoms with Crippen LogP contribution in [0.4, 0.5) is 5.69 Å². The van der Waals surface area contributed by atoms with E-state index in [2.05, 4.69) is 16.9 Å². The van der Waals surface area contributed by atoms with E-state index in [1.54, 1.807) is 29.8 Å². The molecular weight excluding hydrogens is 393 g/mol. The molecule has 1 aliphatic rings. The van der Waals surface area contributed by atoms with Crippen molar-refractivity contribution in [3.8, 4) is 5.75 Å². The van der Waals surface area contributed by atoms with Crippen molar-refractivity contribution >= 4 is 51.7 Å². The van der Waals surface area contributed by atoms with E-state index in [4.69, 9.17) is 27.9 Å². The SMILES string of the molecule is CC[C@@H]1CSC(=Nc2ccc(OC)cc2)N1C(=O)c1cnc(Cl)c(Cl)c1. The second-order valence-electron chi connectivity index (χ2n) is 5.64. The molecule has 136 valence electrons. The number of pyridine rings is 1. The predicted molar refractivity (Wildman–Crippen MR) is 107 cm³/mol. The van der Waals surface area contributed by atoms with E-state index >= 15 is 0 Å². The number of hydrogen-bond acceptors (Lipinski definition) is 5. The fourth-order valence-electron chi connectivity index (χ4n) is 2.55. The zero-order valence-electron chi connectivity index (χ0n) is 14.3. The summed E-state index contributed by atoms with van der Waals surface area (Å²) in [6.07, 6.45) is 2.27. The molecule has 1 aromatic carbocycles. The van der Waals surface area contributed by atoms with Crippen LogP contribution in [-0.2, 0) is 0 Å². The third-order valence-corrected chi connectivity index (χ3v) is 5.79. The Bertz CT molecular complexity index is 843. The van der Waals surface area contributed by atoms with E-state index in [-0.39, 0.29) is 22.1 Å². The Kier molecular flexibility index (Phi) is 6.06. The smallest absolute Gasteiger partial charge is 0.261 e. The van der Waals surface area contributed by atoms with Crippen LogP contribution in [0.25, 0.3) is 0 Å². The average Bonchev–Trinajstić information content (AvgIpc) is 3.06. The number of carbonyl (C=O) groups is 1. The summed E-state index contributed by atoms with van der Waals surface area (Å²) >= 11 is 13.4. The highest BCUT2D eigenvalue weighted by molar-refractivity contribution is 8.14. The van der Waals surface area contributed by atoms with Gasteiger partial charge in [-0.2, -0.15) is 0 Å². The lowest BCUT2D eigenvalue weighted by atomic mass is 10.2. The fraction of sp³-hybridized carbons (Fsp3) is 0.278. The number of carbonyl (C=O) groups excluding carboxylic acids is 1. The average molecular weight is 410 g/mol. The van der Waals surface area contributed by atoms with Gasteiger partial charge in [0.2, 0.25) is 0 Å². The standard InChI is InChI=1S/C18H17Cl2N3O2S/c1-3-13-10-26-18(22-12-4-6-14(25-2)7-5-12)23(13)17(24)11-8-15(19)16(20)21-9-11/h4-9,13H,3,10H2,1-2H3/t13-/m1/s1. The summed E-state index contributed by atoms with van der Waals surface area (Å²) < 4.78 is 5.16. The van der Waals surface area contributed by atoms with Crippen molar-refractivity contribution in [2.75, 3.05) is 12.9 Å².